The normalized spacial score (nSPS) is 13.9. The van der Waals surface area contributed by atoms with Crippen LogP contribution in [0.25, 0.3) is 0 Å². The van der Waals surface area contributed by atoms with Crippen LogP contribution in [0.2, 0.25) is 0 Å². The predicted octanol–water partition coefficient (Wildman–Crippen LogP) is 4.60. The Hall–Kier alpha value is -3.52. The first kappa shape index (κ1) is 22.7. The maximum Gasteiger partial charge on any atom is 0.268 e. The number of aromatic nitrogens is 1. The number of fused-ring (bicyclic) bond motifs is 1. The van der Waals surface area contributed by atoms with Crippen LogP contribution < -0.4 is 9.62 Å². The molecule has 0 unspecified atom stereocenters. The average Bonchev–Trinajstić information content (AvgIpc) is 3.01. The van der Waals surface area contributed by atoms with E-state index < -0.39 is 21.8 Å². The van der Waals surface area contributed by atoms with Crippen molar-refractivity contribution < 1.29 is 18.0 Å². The molecule has 0 saturated carbocycles. The fraction of sp³-hybridized carbons (Fsp3) is 0.240. The van der Waals surface area contributed by atoms with Gasteiger partial charge in [0.25, 0.3) is 21.8 Å². The van der Waals surface area contributed by atoms with Crippen molar-refractivity contribution in [3.8, 4) is 0 Å². The standard InChI is InChI=1S/C25H25N3O4S/c1-15-12-18(14-26-13-15)28-23(29)21-16(2)6-11-20(22(21)24(28)30)27-33(31,32)19-9-7-17(8-10-19)25(3,4)5/h6-14,27H,1-5H3. The molecule has 2 heterocycles. The second-order valence-corrected chi connectivity index (χ2v) is 10.9. The highest BCUT2D eigenvalue weighted by atomic mass is 32.2. The van der Waals surface area contributed by atoms with Gasteiger partial charge in [-0.25, -0.2) is 13.3 Å². The van der Waals surface area contributed by atoms with E-state index in [1.54, 1.807) is 37.4 Å². The molecule has 0 bridgehead atoms. The summed E-state index contributed by atoms with van der Waals surface area (Å²) in [6.07, 6.45) is 3.06. The van der Waals surface area contributed by atoms with Gasteiger partial charge in [-0.3, -0.25) is 19.3 Å². The summed E-state index contributed by atoms with van der Waals surface area (Å²) in [7, 11) is -3.98. The third kappa shape index (κ3) is 4.02. The summed E-state index contributed by atoms with van der Waals surface area (Å²) in [6.45, 7) is 9.66. The van der Waals surface area contributed by atoms with Gasteiger partial charge in [-0.1, -0.05) is 39.0 Å². The quantitative estimate of drug-likeness (QED) is 0.571. The zero-order valence-corrected chi connectivity index (χ0v) is 19.9. The fourth-order valence-corrected chi connectivity index (χ4v) is 4.91. The van der Waals surface area contributed by atoms with Gasteiger partial charge in [0, 0.05) is 6.20 Å². The molecule has 1 aliphatic rings. The molecule has 0 fully saturated rings. The second-order valence-electron chi connectivity index (χ2n) is 9.23. The lowest BCUT2D eigenvalue weighted by Gasteiger charge is -2.19. The number of nitrogens with zero attached hydrogens (tertiary/aromatic N) is 2. The van der Waals surface area contributed by atoms with Gasteiger partial charge in [0.15, 0.2) is 0 Å². The summed E-state index contributed by atoms with van der Waals surface area (Å²) < 4.78 is 28.7. The Morgan fingerprint density at radius 3 is 2.12 bits per heavy atom. The zero-order chi connectivity index (χ0) is 24.1. The fourth-order valence-electron chi connectivity index (χ4n) is 3.84. The molecule has 4 rings (SSSR count). The Morgan fingerprint density at radius 2 is 1.52 bits per heavy atom. The molecule has 3 aromatic rings. The molecule has 33 heavy (non-hydrogen) atoms. The van der Waals surface area contributed by atoms with Gasteiger partial charge in [0.1, 0.15) is 0 Å². The number of aryl methyl sites for hydroxylation is 2. The van der Waals surface area contributed by atoms with Crippen molar-refractivity contribution in [2.45, 2.75) is 44.9 Å². The summed E-state index contributed by atoms with van der Waals surface area (Å²) in [5, 5.41) is 0. The molecular formula is C25H25N3O4S. The Balaban J connectivity index is 1.74. The van der Waals surface area contributed by atoms with Crippen LogP contribution in [-0.2, 0) is 15.4 Å². The Bertz CT molecular complexity index is 1390. The number of carbonyl (C=O) groups excluding carboxylic acids is 2. The maximum absolute atomic E-state index is 13.3. The van der Waals surface area contributed by atoms with Gasteiger partial charge in [0.2, 0.25) is 0 Å². The van der Waals surface area contributed by atoms with Crippen LogP contribution in [0.1, 0.15) is 58.2 Å². The molecule has 0 radical (unpaired) electrons. The van der Waals surface area contributed by atoms with Crippen LogP contribution in [0, 0.1) is 13.8 Å². The number of hydrogen-bond donors (Lipinski definition) is 1. The minimum Gasteiger partial charge on any atom is -0.279 e. The van der Waals surface area contributed by atoms with E-state index in [-0.39, 0.29) is 27.1 Å². The molecule has 170 valence electrons. The Labute approximate surface area is 193 Å². The predicted molar refractivity (Wildman–Crippen MR) is 127 cm³/mol. The minimum absolute atomic E-state index is 0.0383. The van der Waals surface area contributed by atoms with E-state index >= 15 is 0 Å². The number of rotatable bonds is 4. The van der Waals surface area contributed by atoms with Gasteiger partial charge in [0.05, 0.1) is 33.6 Å². The first-order chi connectivity index (χ1) is 15.4. The highest BCUT2D eigenvalue weighted by Crippen LogP contribution is 2.36. The van der Waals surface area contributed by atoms with Crippen LogP contribution >= 0.6 is 0 Å². The summed E-state index contributed by atoms with van der Waals surface area (Å²) in [6, 6.07) is 11.4. The van der Waals surface area contributed by atoms with Crippen molar-refractivity contribution in [3.63, 3.8) is 0 Å². The molecule has 7 nitrogen and oxygen atoms in total. The number of pyridine rings is 1. The lowest BCUT2D eigenvalue weighted by atomic mass is 9.87. The van der Waals surface area contributed by atoms with Gasteiger partial charge >= 0.3 is 0 Å². The van der Waals surface area contributed by atoms with Crippen molar-refractivity contribution >= 4 is 33.2 Å². The van der Waals surface area contributed by atoms with Crippen molar-refractivity contribution in [1.29, 1.82) is 0 Å². The monoisotopic (exact) mass is 463 g/mol. The topological polar surface area (TPSA) is 96.4 Å². The second kappa shape index (κ2) is 7.81. The molecule has 2 amide bonds. The van der Waals surface area contributed by atoms with Crippen molar-refractivity contribution in [1.82, 2.24) is 4.98 Å². The van der Waals surface area contributed by atoms with E-state index in [0.717, 1.165) is 16.0 Å². The molecule has 0 atom stereocenters. The molecular weight excluding hydrogens is 438 g/mol. The molecule has 0 spiro atoms. The van der Waals surface area contributed by atoms with E-state index in [0.29, 0.717) is 11.3 Å². The number of carbonyl (C=O) groups is 2. The number of amides is 2. The first-order valence-corrected chi connectivity index (χ1v) is 12.0. The van der Waals surface area contributed by atoms with Crippen LogP contribution in [-0.4, -0.2) is 25.2 Å². The maximum atomic E-state index is 13.3. The van der Waals surface area contributed by atoms with Gasteiger partial charge in [-0.15, -0.1) is 0 Å². The highest BCUT2D eigenvalue weighted by Gasteiger charge is 2.40. The third-order valence-corrected chi connectivity index (χ3v) is 7.02. The van der Waals surface area contributed by atoms with Crippen molar-refractivity contribution in [2.75, 3.05) is 9.62 Å². The van der Waals surface area contributed by atoms with E-state index in [2.05, 4.69) is 9.71 Å². The molecule has 1 N–H and O–H groups in total. The largest absolute Gasteiger partial charge is 0.279 e. The summed E-state index contributed by atoms with van der Waals surface area (Å²) in [5.74, 6) is -1.10. The molecule has 0 saturated heterocycles. The number of anilines is 2. The Morgan fingerprint density at radius 1 is 0.879 bits per heavy atom. The average molecular weight is 464 g/mol. The first-order valence-electron chi connectivity index (χ1n) is 10.5. The number of nitrogens with one attached hydrogen (secondary N) is 1. The Kier molecular flexibility index (Phi) is 5.36. The van der Waals surface area contributed by atoms with Crippen molar-refractivity contribution in [2.24, 2.45) is 0 Å². The minimum atomic E-state index is -3.98. The summed E-state index contributed by atoms with van der Waals surface area (Å²) >= 11 is 0. The smallest absolute Gasteiger partial charge is 0.268 e. The molecule has 0 aliphatic carbocycles. The van der Waals surface area contributed by atoms with E-state index in [4.69, 9.17) is 0 Å². The van der Waals surface area contributed by atoms with E-state index in [1.807, 2.05) is 27.7 Å². The number of imide groups is 1. The van der Waals surface area contributed by atoms with E-state index in [9.17, 15) is 18.0 Å². The molecule has 1 aliphatic heterocycles. The van der Waals surface area contributed by atoms with Crippen LogP contribution in [0.3, 0.4) is 0 Å². The number of hydrogen-bond acceptors (Lipinski definition) is 5. The van der Waals surface area contributed by atoms with Crippen LogP contribution in [0.5, 0.6) is 0 Å². The highest BCUT2D eigenvalue weighted by molar-refractivity contribution is 7.92. The van der Waals surface area contributed by atoms with Gasteiger partial charge in [-0.05, 0) is 60.2 Å². The molecule has 8 heteroatoms. The third-order valence-electron chi connectivity index (χ3n) is 5.64. The van der Waals surface area contributed by atoms with E-state index in [1.165, 1.54) is 24.4 Å². The lowest BCUT2D eigenvalue weighted by Crippen LogP contribution is -2.29. The van der Waals surface area contributed by atoms with Gasteiger partial charge < -0.3 is 0 Å². The van der Waals surface area contributed by atoms with Crippen molar-refractivity contribution in [3.05, 3.63) is 82.7 Å². The molecule has 1 aromatic heterocycles. The zero-order valence-electron chi connectivity index (χ0n) is 19.1. The summed E-state index contributed by atoms with van der Waals surface area (Å²) in [5.41, 5.74) is 2.89. The number of benzene rings is 2. The van der Waals surface area contributed by atoms with Crippen LogP contribution in [0.4, 0.5) is 11.4 Å². The van der Waals surface area contributed by atoms with Crippen LogP contribution in [0.15, 0.2) is 59.8 Å². The number of sulfonamides is 1. The summed E-state index contributed by atoms with van der Waals surface area (Å²) in [4.78, 5) is 31.6. The lowest BCUT2D eigenvalue weighted by molar-refractivity contribution is 0.0926. The SMILES string of the molecule is Cc1cncc(N2C(=O)c3c(C)ccc(NS(=O)(=O)c4ccc(C(C)(C)C)cc4)c3C2=O)c1. The molecule has 2 aromatic carbocycles. The van der Waals surface area contributed by atoms with Gasteiger partial charge in [-0.2, -0.15) is 0 Å².